The van der Waals surface area contributed by atoms with E-state index in [1.807, 2.05) is 34.0 Å². The van der Waals surface area contributed by atoms with Crippen LogP contribution in [0.3, 0.4) is 0 Å². The third kappa shape index (κ3) is 2.87. The van der Waals surface area contributed by atoms with Crippen LogP contribution in [0, 0.1) is 20.8 Å². The Morgan fingerprint density at radius 3 is 1.93 bits per heavy atom. The molecule has 6 aromatic heterocycles. The van der Waals surface area contributed by atoms with Gasteiger partial charge in [0.15, 0.2) is 11.2 Å². The lowest BCUT2D eigenvalue weighted by molar-refractivity contribution is 0.667. The van der Waals surface area contributed by atoms with Gasteiger partial charge in [0.2, 0.25) is 0 Å². The van der Waals surface area contributed by atoms with Crippen LogP contribution in [0.2, 0.25) is 0 Å². The molecular weight excluding hydrogens is 563 g/mol. The fraction of sp³-hybridized carbons (Fsp3) is 0.0857. The summed E-state index contributed by atoms with van der Waals surface area (Å²) < 4.78 is 23.3. The van der Waals surface area contributed by atoms with Crippen molar-refractivity contribution in [3.63, 3.8) is 0 Å². The Morgan fingerprint density at radius 2 is 1.15 bits per heavy atom. The summed E-state index contributed by atoms with van der Waals surface area (Å²) in [4.78, 5) is 0. The molecule has 4 aromatic carbocycles. The van der Waals surface area contributed by atoms with Crippen molar-refractivity contribution in [2.45, 2.75) is 20.8 Å². The summed E-state index contributed by atoms with van der Waals surface area (Å²) in [6, 6.07) is 26.7. The molecule has 0 radical (unpaired) electrons. The van der Waals surface area contributed by atoms with Gasteiger partial charge in [-0.1, -0.05) is 42.0 Å². The maximum Gasteiger partial charge on any atom is 0.170 e. The second kappa shape index (κ2) is 7.59. The minimum absolute atomic E-state index is 0.914. The van der Waals surface area contributed by atoms with Crippen molar-refractivity contribution < 1.29 is 8.83 Å². The topological polar surface area (TPSA) is 31.2 Å². The predicted molar refractivity (Wildman–Crippen MR) is 178 cm³/mol. The number of benzene rings is 4. The fourth-order valence-electron chi connectivity index (χ4n) is 6.42. The number of thiophene rings is 3. The standard InChI is InChI=1S/C35H21NO2S3/c1-16-4-8-19(9-5-16)36-24-12-17(2)6-10-20(24)31-28(36)29-32(40-31)22-14-26-23(15-25(22)37-29)33-30(38-26)35-34(41-33)21-11-7-18(3)13-27(21)39-35/h4-15H,1-3H3. The van der Waals surface area contributed by atoms with Crippen LogP contribution in [0.4, 0.5) is 0 Å². The molecule has 0 amide bonds. The summed E-state index contributed by atoms with van der Waals surface area (Å²) in [5.74, 6) is 0. The van der Waals surface area contributed by atoms with Gasteiger partial charge in [-0.05, 0) is 68.3 Å². The van der Waals surface area contributed by atoms with E-state index in [0.717, 1.165) is 44.3 Å². The molecule has 0 aliphatic heterocycles. The van der Waals surface area contributed by atoms with E-state index >= 15 is 0 Å². The third-order valence-corrected chi connectivity index (χ3v) is 12.2. The first-order valence-corrected chi connectivity index (χ1v) is 16.1. The molecule has 6 heterocycles. The predicted octanol–water partition coefficient (Wildman–Crippen LogP) is 12.0. The second-order valence-corrected chi connectivity index (χ2v) is 14.3. The molecule has 3 nitrogen and oxygen atoms in total. The Bertz CT molecular complexity index is 2720. The molecule has 41 heavy (non-hydrogen) atoms. The Hall–Kier alpha value is -4.10. The average molecular weight is 584 g/mol. The van der Waals surface area contributed by atoms with Crippen molar-refractivity contribution in [3.05, 3.63) is 89.5 Å². The molecule has 6 heteroatoms. The minimum Gasteiger partial charge on any atom is -0.454 e. The molecule has 0 saturated carbocycles. The zero-order valence-corrected chi connectivity index (χ0v) is 24.9. The highest BCUT2D eigenvalue weighted by Gasteiger charge is 2.24. The summed E-state index contributed by atoms with van der Waals surface area (Å²) in [5, 5.41) is 4.83. The summed E-state index contributed by atoms with van der Waals surface area (Å²) in [5.41, 5.74) is 11.1. The highest BCUT2D eigenvalue weighted by Crippen LogP contribution is 2.51. The molecule has 10 aromatic rings. The highest BCUT2D eigenvalue weighted by atomic mass is 32.1. The monoisotopic (exact) mass is 583 g/mol. The zero-order valence-electron chi connectivity index (χ0n) is 22.4. The molecule has 0 bridgehead atoms. The molecule has 0 saturated heterocycles. The first-order valence-electron chi connectivity index (χ1n) is 13.7. The van der Waals surface area contributed by atoms with Gasteiger partial charge in [-0.2, -0.15) is 0 Å². The highest BCUT2D eigenvalue weighted by molar-refractivity contribution is 7.37. The Morgan fingerprint density at radius 1 is 0.512 bits per heavy atom. The van der Waals surface area contributed by atoms with E-state index < -0.39 is 0 Å². The lowest BCUT2D eigenvalue weighted by Crippen LogP contribution is -1.93. The van der Waals surface area contributed by atoms with E-state index in [1.165, 1.54) is 61.2 Å². The quantitative estimate of drug-likeness (QED) is 0.192. The van der Waals surface area contributed by atoms with E-state index in [4.69, 9.17) is 8.83 Å². The van der Waals surface area contributed by atoms with E-state index in [0.29, 0.717) is 0 Å². The maximum absolute atomic E-state index is 6.77. The van der Waals surface area contributed by atoms with Crippen LogP contribution in [0.15, 0.2) is 81.6 Å². The van der Waals surface area contributed by atoms with Crippen LogP contribution in [0.25, 0.3) is 88.8 Å². The van der Waals surface area contributed by atoms with Gasteiger partial charge in [0.25, 0.3) is 0 Å². The van der Waals surface area contributed by atoms with Crippen molar-refractivity contribution in [3.8, 4) is 5.69 Å². The minimum atomic E-state index is 0.914. The SMILES string of the molecule is Cc1ccc(-n2c3cc(C)ccc3c3sc4c5cc6oc7c(sc8c9ccc(C)cc9sc78)c6cc5oc4c32)cc1. The molecule has 0 N–H and O–H groups in total. The Labute approximate surface area is 245 Å². The summed E-state index contributed by atoms with van der Waals surface area (Å²) >= 11 is 5.50. The average Bonchev–Trinajstić information content (AvgIpc) is 3.77. The molecular formula is C35H21NO2S3. The third-order valence-electron chi connectivity index (χ3n) is 8.41. The molecule has 196 valence electrons. The van der Waals surface area contributed by atoms with Crippen molar-refractivity contribution in [1.29, 1.82) is 0 Å². The number of aromatic nitrogens is 1. The van der Waals surface area contributed by atoms with Gasteiger partial charge in [-0.25, -0.2) is 0 Å². The van der Waals surface area contributed by atoms with E-state index in [1.54, 1.807) is 0 Å². The van der Waals surface area contributed by atoms with Gasteiger partial charge in [0, 0.05) is 31.9 Å². The maximum atomic E-state index is 6.77. The van der Waals surface area contributed by atoms with Gasteiger partial charge < -0.3 is 13.4 Å². The Kier molecular flexibility index (Phi) is 4.18. The van der Waals surface area contributed by atoms with Gasteiger partial charge in [-0.3, -0.25) is 0 Å². The number of hydrogen-bond acceptors (Lipinski definition) is 5. The largest absolute Gasteiger partial charge is 0.454 e. The lowest BCUT2D eigenvalue weighted by atomic mass is 10.2. The van der Waals surface area contributed by atoms with E-state index in [2.05, 4.69) is 98.1 Å². The second-order valence-electron chi connectivity index (χ2n) is 11.2. The molecule has 0 aliphatic carbocycles. The molecule has 0 atom stereocenters. The normalized spacial score (nSPS) is 12.8. The van der Waals surface area contributed by atoms with Crippen LogP contribution >= 0.6 is 34.0 Å². The van der Waals surface area contributed by atoms with Crippen molar-refractivity contribution >= 4 is 117 Å². The number of rotatable bonds is 1. The first kappa shape index (κ1) is 22.6. The van der Waals surface area contributed by atoms with Crippen LogP contribution in [0.1, 0.15) is 16.7 Å². The van der Waals surface area contributed by atoms with Crippen LogP contribution < -0.4 is 0 Å². The van der Waals surface area contributed by atoms with Crippen LogP contribution in [0.5, 0.6) is 0 Å². The summed E-state index contributed by atoms with van der Waals surface area (Å²) in [6.07, 6.45) is 0. The van der Waals surface area contributed by atoms with E-state index in [9.17, 15) is 0 Å². The van der Waals surface area contributed by atoms with Gasteiger partial charge in [-0.15, -0.1) is 34.0 Å². The van der Waals surface area contributed by atoms with Gasteiger partial charge in [0.05, 0.1) is 29.0 Å². The molecule has 10 rings (SSSR count). The number of furan rings is 2. The Balaban J connectivity index is 1.29. The molecule has 0 unspecified atom stereocenters. The van der Waals surface area contributed by atoms with Gasteiger partial charge in [0.1, 0.15) is 16.7 Å². The van der Waals surface area contributed by atoms with Crippen LogP contribution in [-0.2, 0) is 0 Å². The van der Waals surface area contributed by atoms with Crippen molar-refractivity contribution in [1.82, 2.24) is 4.57 Å². The lowest BCUT2D eigenvalue weighted by Gasteiger charge is -2.08. The molecule has 0 fully saturated rings. The van der Waals surface area contributed by atoms with Crippen molar-refractivity contribution in [2.24, 2.45) is 0 Å². The number of nitrogens with zero attached hydrogens (tertiary/aromatic N) is 1. The molecule has 0 spiro atoms. The van der Waals surface area contributed by atoms with Gasteiger partial charge >= 0.3 is 0 Å². The summed E-state index contributed by atoms with van der Waals surface area (Å²) in [6.45, 7) is 6.44. The number of hydrogen-bond donors (Lipinski definition) is 0. The van der Waals surface area contributed by atoms with Crippen LogP contribution in [-0.4, -0.2) is 4.57 Å². The summed E-state index contributed by atoms with van der Waals surface area (Å²) in [7, 11) is 0. The molecule has 0 aliphatic rings. The fourth-order valence-corrected chi connectivity index (χ4v) is 10.4. The number of fused-ring (bicyclic) bond motifs is 14. The smallest absolute Gasteiger partial charge is 0.170 e. The zero-order chi connectivity index (χ0) is 27.1. The van der Waals surface area contributed by atoms with Crippen molar-refractivity contribution in [2.75, 3.05) is 0 Å². The first-order chi connectivity index (χ1) is 20.0. The van der Waals surface area contributed by atoms with E-state index in [-0.39, 0.29) is 0 Å². The number of aryl methyl sites for hydroxylation is 3.